The molecule has 0 heterocycles. The van der Waals surface area contributed by atoms with Crippen molar-refractivity contribution in [1.82, 2.24) is 0 Å². The maximum Gasteiger partial charge on any atom is 0.313 e. The third-order valence-corrected chi connectivity index (χ3v) is 7.32. The van der Waals surface area contributed by atoms with Crippen LogP contribution in [0.4, 0.5) is 0 Å². The molecule has 0 aromatic carbocycles. The number of carbonyl (C=O) groups is 2. The first-order valence-corrected chi connectivity index (χ1v) is 7.68. The summed E-state index contributed by atoms with van der Waals surface area (Å²) in [4.78, 5) is 24.3. The van der Waals surface area contributed by atoms with E-state index >= 15 is 0 Å². The minimum absolute atomic E-state index is 0.135. The van der Waals surface area contributed by atoms with Crippen molar-refractivity contribution in [1.29, 1.82) is 0 Å². The molecule has 2 bridgehead atoms. The van der Waals surface area contributed by atoms with Gasteiger partial charge in [-0.05, 0) is 18.3 Å². The lowest BCUT2D eigenvalue weighted by Crippen LogP contribution is -2.45. The summed E-state index contributed by atoms with van der Waals surface area (Å²) in [7, 11) is 1.39. The lowest BCUT2D eigenvalue weighted by atomic mass is 9.65. The lowest BCUT2D eigenvalue weighted by molar-refractivity contribution is -0.157. The summed E-state index contributed by atoms with van der Waals surface area (Å²) in [5.74, 6) is -0.130. The van der Waals surface area contributed by atoms with Gasteiger partial charge in [-0.3, -0.25) is 9.59 Å². The van der Waals surface area contributed by atoms with Crippen LogP contribution in [-0.4, -0.2) is 29.0 Å². The van der Waals surface area contributed by atoms with E-state index in [1.54, 1.807) is 0 Å². The van der Waals surface area contributed by atoms with E-state index in [-0.39, 0.29) is 17.2 Å². The van der Waals surface area contributed by atoms with E-state index < -0.39 is 15.7 Å². The van der Waals surface area contributed by atoms with Crippen molar-refractivity contribution in [3.63, 3.8) is 0 Å². The van der Waals surface area contributed by atoms with E-state index in [1.807, 2.05) is 13.8 Å². The Morgan fingerprint density at radius 3 is 2.47 bits per heavy atom. The maximum absolute atomic E-state index is 12.5. The smallest absolute Gasteiger partial charge is 0.313 e. The third-order valence-electron chi connectivity index (χ3n) is 5.17. The van der Waals surface area contributed by atoms with Crippen LogP contribution in [0.25, 0.3) is 0 Å². The highest BCUT2D eigenvalue weighted by Crippen LogP contribution is 2.72. The Balaban J connectivity index is 2.63. The number of Topliss-reactive ketones (excluding diaryl/α,β-unsaturated/α-hetero) is 1. The molecule has 96 valence electrons. The Labute approximate surface area is 118 Å². The molecule has 0 spiro atoms. The fraction of sp³-hybridized carbons (Fsp3) is 0.833. The molecule has 0 aliphatic heterocycles. The number of halogens is 2. The number of carbonyl (C=O) groups excluding carboxylic acids is 2. The summed E-state index contributed by atoms with van der Waals surface area (Å²) < 4.78 is 4.96. The Morgan fingerprint density at radius 2 is 2.06 bits per heavy atom. The third kappa shape index (κ3) is 1.18. The highest BCUT2D eigenvalue weighted by Gasteiger charge is 2.78. The first-order chi connectivity index (χ1) is 7.81. The minimum atomic E-state index is -0.716. The van der Waals surface area contributed by atoms with Crippen LogP contribution in [0.3, 0.4) is 0 Å². The van der Waals surface area contributed by atoms with E-state index in [1.165, 1.54) is 7.11 Å². The monoisotopic (exact) mass is 366 g/mol. The molecule has 3 unspecified atom stereocenters. The molecule has 0 N–H and O–H groups in total. The number of ketones is 1. The number of esters is 1. The van der Waals surface area contributed by atoms with Gasteiger partial charge in [0.1, 0.15) is 0 Å². The van der Waals surface area contributed by atoms with Crippen LogP contribution in [0.2, 0.25) is 0 Å². The predicted octanol–water partition coefficient (Wildman–Crippen LogP) is 2.69. The second-order valence-electron chi connectivity index (χ2n) is 5.53. The Kier molecular flexibility index (Phi) is 3.02. The normalized spacial score (nSPS) is 42.9. The zero-order chi connectivity index (χ0) is 13.1. The number of ether oxygens (including phenoxy) is 1. The summed E-state index contributed by atoms with van der Waals surface area (Å²) in [6.07, 6.45) is 1.46. The molecule has 0 aromatic rings. The van der Waals surface area contributed by atoms with Crippen LogP contribution >= 0.6 is 31.9 Å². The topological polar surface area (TPSA) is 43.4 Å². The molecular weight excluding hydrogens is 352 g/mol. The van der Waals surface area contributed by atoms with Gasteiger partial charge in [0, 0.05) is 10.7 Å². The molecule has 2 aliphatic rings. The molecule has 0 aromatic heterocycles. The average Bonchev–Trinajstić information content (AvgIpc) is 2.61. The average molecular weight is 368 g/mol. The van der Waals surface area contributed by atoms with Crippen molar-refractivity contribution >= 4 is 43.6 Å². The van der Waals surface area contributed by atoms with Crippen molar-refractivity contribution in [3.8, 4) is 0 Å². The molecule has 3 atom stereocenters. The van der Waals surface area contributed by atoms with E-state index in [0.29, 0.717) is 11.8 Å². The molecule has 0 saturated heterocycles. The first-order valence-electron chi connectivity index (χ1n) is 5.64. The Morgan fingerprint density at radius 1 is 1.47 bits per heavy atom. The van der Waals surface area contributed by atoms with Gasteiger partial charge in [-0.25, -0.2) is 0 Å². The fourth-order valence-electron chi connectivity index (χ4n) is 3.75. The van der Waals surface area contributed by atoms with Gasteiger partial charge in [0.15, 0.2) is 5.78 Å². The number of hydrogen-bond donors (Lipinski definition) is 0. The van der Waals surface area contributed by atoms with E-state index in [0.717, 1.165) is 6.42 Å². The van der Waals surface area contributed by atoms with Crippen LogP contribution in [0.1, 0.15) is 26.7 Å². The van der Waals surface area contributed by atoms with E-state index in [2.05, 4.69) is 31.9 Å². The summed E-state index contributed by atoms with van der Waals surface area (Å²) in [5.41, 5.74) is -1.55. The summed E-state index contributed by atoms with van der Waals surface area (Å²) >= 11 is 6.90. The largest absolute Gasteiger partial charge is 0.469 e. The van der Waals surface area contributed by atoms with Gasteiger partial charge in [0.05, 0.1) is 17.4 Å². The molecule has 2 aliphatic carbocycles. The summed E-state index contributed by atoms with van der Waals surface area (Å²) in [5, 5.41) is 0.604. The Bertz CT molecular complexity index is 393. The molecule has 2 fully saturated rings. The van der Waals surface area contributed by atoms with Gasteiger partial charge in [-0.15, -0.1) is 0 Å². The van der Waals surface area contributed by atoms with Crippen molar-refractivity contribution in [2.45, 2.75) is 31.5 Å². The van der Waals surface area contributed by atoms with Gasteiger partial charge in [-0.2, -0.15) is 0 Å². The molecule has 2 saturated carbocycles. The van der Waals surface area contributed by atoms with Gasteiger partial charge < -0.3 is 4.74 Å². The number of alkyl halides is 2. The number of hydrogen-bond acceptors (Lipinski definition) is 3. The number of rotatable bonds is 2. The molecule has 3 nitrogen and oxygen atoms in total. The van der Waals surface area contributed by atoms with Crippen LogP contribution in [0, 0.1) is 16.2 Å². The molecule has 5 heteroatoms. The summed E-state index contributed by atoms with van der Waals surface area (Å²) in [6.45, 7) is 4.02. The number of fused-ring (bicyclic) bond motifs is 2. The quantitative estimate of drug-likeness (QED) is 0.556. The van der Waals surface area contributed by atoms with Gasteiger partial charge in [0.25, 0.3) is 0 Å². The van der Waals surface area contributed by atoms with E-state index in [4.69, 9.17) is 4.74 Å². The van der Waals surface area contributed by atoms with Crippen molar-refractivity contribution in [2.75, 3.05) is 12.4 Å². The van der Waals surface area contributed by atoms with Crippen LogP contribution in [0.5, 0.6) is 0 Å². The van der Waals surface area contributed by atoms with Gasteiger partial charge >= 0.3 is 5.97 Å². The van der Waals surface area contributed by atoms with Crippen LogP contribution < -0.4 is 0 Å². The van der Waals surface area contributed by atoms with E-state index in [9.17, 15) is 9.59 Å². The lowest BCUT2D eigenvalue weighted by Gasteiger charge is -2.39. The maximum atomic E-state index is 12.5. The molecule has 0 radical (unpaired) electrons. The van der Waals surface area contributed by atoms with Crippen LogP contribution in [-0.2, 0) is 14.3 Å². The molecular formula is C12H16Br2O3. The zero-order valence-electron chi connectivity index (χ0n) is 10.2. The highest BCUT2D eigenvalue weighted by molar-refractivity contribution is 9.10. The number of methoxy groups -OCH3 is 1. The fourth-order valence-corrected chi connectivity index (χ4v) is 6.43. The minimum Gasteiger partial charge on any atom is -0.469 e. The van der Waals surface area contributed by atoms with Gasteiger partial charge in [0.2, 0.25) is 0 Å². The standard InChI is InChI=1S/C12H16Br2O3/c1-10(2)11(6-13)4-5-12(10,9(16)17-3)7(14)8(11)15/h7H,4-6H2,1-3H3. The zero-order valence-corrected chi connectivity index (χ0v) is 13.4. The first kappa shape index (κ1) is 13.5. The van der Waals surface area contributed by atoms with Crippen molar-refractivity contribution < 1.29 is 14.3 Å². The van der Waals surface area contributed by atoms with Crippen LogP contribution in [0.15, 0.2) is 0 Å². The molecule has 0 amide bonds. The van der Waals surface area contributed by atoms with Crippen molar-refractivity contribution in [2.24, 2.45) is 16.2 Å². The second-order valence-corrected chi connectivity index (χ2v) is 7.01. The SMILES string of the molecule is COC(=O)C12CCC(CBr)(C(=O)C1Br)C2(C)C. The van der Waals surface area contributed by atoms with Gasteiger partial charge in [-0.1, -0.05) is 45.7 Å². The Hall–Kier alpha value is 0.1000. The highest BCUT2D eigenvalue weighted by atomic mass is 79.9. The molecule has 17 heavy (non-hydrogen) atoms. The molecule has 2 rings (SSSR count). The summed E-state index contributed by atoms with van der Waals surface area (Å²) in [6, 6.07) is 0. The second kappa shape index (κ2) is 3.80. The van der Waals surface area contributed by atoms with Crippen molar-refractivity contribution in [3.05, 3.63) is 0 Å². The predicted molar refractivity (Wildman–Crippen MR) is 71.4 cm³/mol.